The van der Waals surface area contributed by atoms with Gasteiger partial charge in [0.15, 0.2) is 5.96 Å². The molecule has 0 aromatic carbocycles. The molecule has 0 saturated carbocycles. The van der Waals surface area contributed by atoms with E-state index in [0.29, 0.717) is 12.5 Å². The first-order chi connectivity index (χ1) is 12.6. The van der Waals surface area contributed by atoms with E-state index in [4.69, 9.17) is 0 Å². The summed E-state index contributed by atoms with van der Waals surface area (Å²) in [6.45, 7) is 9.33. The summed E-state index contributed by atoms with van der Waals surface area (Å²) in [4.78, 5) is 20.9. The van der Waals surface area contributed by atoms with E-state index in [1.807, 2.05) is 12.3 Å². The zero-order valence-corrected chi connectivity index (χ0v) is 19.4. The van der Waals surface area contributed by atoms with Gasteiger partial charge >= 0.3 is 0 Å². The second-order valence-electron chi connectivity index (χ2n) is 6.38. The van der Waals surface area contributed by atoms with Crippen molar-refractivity contribution in [2.24, 2.45) is 4.99 Å². The molecule has 2 rings (SSSR count). The second-order valence-corrected chi connectivity index (χ2v) is 7.32. The Kier molecular flexibility index (Phi) is 11.3. The maximum Gasteiger partial charge on any atom is 0.250 e. The first-order valence-electron chi connectivity index (χ1n) is 9.22. The minimum atomic E-state index is 0. The molecule has 150 valence electrons. The molecule has 0 radical (unpaired) electrons. The number of thiazole rings is 1. The molecule has 2 aromatic rings. The summed E-state index contributed by atoms with van der Waals surface area (Å²) in [7, 11) is 0. The number of aliphatic imine (C=N–C) groups is 1. The minimum absolute atomic E-state index is 0. The van der Waals surface area contributed by atoms with E-state index >= 15 is 0 Å². The van der Waals surface area contributed by atoms with E-state index in [1.54, 1.807) is 28.0 Å². The van der Waals surface area contributed by atoms with Crippen molar-refractivity contribution in [1.82, 2.24) is 20.2 Å². The smallest absolute Gasteiger partial charge is 0.250 e. The quantitative estimate of drug-likeness (QED) is 0.238. The van der Waals surface area contributed by atoms with Crippen molar-refractivity contribution in [1.29, 1.82) is 0 Å². The summed E-state index contributed by atoms with van der Waals surface area (Å²) >= 11 is 1.66. The van der Waals surface area contributed by atoms with Gasteiger partial charge in [-0.2, -0.15) is 0 Å². The molecule has 8 heteroatoms. The van der Waals surface area contributed by atoms with Crippen LogP contribution in [-0.2, 0) is 13.1 Å². The van der Waals surface area contributed by atoms with Crippen LogP contribution in [0.25, 0.3) is 0 Å². The lowest BCUT2D eigenvalue weighted by molar-refractivity contribution is 0.585. The van der Waals surface area contributed by atoms with Gasteiger partial charge in [-0.15, -0.1) is 35.3 Å². The number of hydrogen-bond acceptors (Lipinski definition) is 4. The van der Waals surface area contributed by atoms with Crippen LogP contribution in [0, 0.1) is 0 Å². The van der Waals surface area contributed by atoms with Gasteiger partial charge in [0.25, 0.3) is 0 Å². The number of halogens is 1. The van der Waals surface area contributed by atoms with Crippen LogP contribution in [0.4, 0.5) is 0 Å². The average molecular weight is 503 g/mol. The molecule has 0 atom stereocenters. The van der Waals surface area contributed by atoms with Gasteiger partial charge < -0.3 is 15.2 Å². The highest BCUT2D eigenvalue weighted by molar-refractivity contribution is 14.0. The van der Waals surface area contributed by atoms with Crippen LogP contribution in [0.1, 0.15) is 50.2 Å². The van der Waals surface area contributed by atoms with Crippen LogP contribution in [0.3, 0.4) is 0 Å². The summed E-state index contributed by atoms with van der Waals surface area (Å²) < 4.78 is 1.74. The van der Waals surface area contributed by atoms with E-state index in [9.17, 15) is 4.79 Å². The third-order valence-corrected chi connectivity index (χ3v) is 4.75. The molecule has 2 heterocycles. The van der Waals surface area contributed by atoms with Gasteiger partial charge in [-0.3, -0.25) is 4.79 Å². The highest BCUT2D eigenvalue weighted by Crippen LogP contribution is 2.18. The Morgan fingerprint density at radius 2 is 2.11 bits per heavy atom. The molecule has 0 aliphatic carbocycles. The van der Waals surface area contributed by atoms with Crippen molar-refractivity contribution in [3.8, 4) is 0 Å². The topological polar surface area (TPSA) is 71.3 Å². The summed E-state index contributed by atoms with van der Waals surface area (Å²) in [6.07, 6.45) is 3.75. The molecule has 2 N–H and O–H groups in total. The predicted octanol–water partition coefficient (Wildman–Crippen LogP) is 3.58. The summed E-state index contributed by atoms with van der Waals surface area (Å²) in [5.74, 6) is 1.26. The van der Waals surface area contributed by atoms with E-state index in [1.165, 1.54) is 0 Å². The van der Waals surface area contributed by atoms with Gasteiger partial charge in [0, 0.05) is 37.3 Å². The molecular weight excluding hydrogens is 473 g/mol. The highest BCUT2D eigenvalue weighted by atomic mass is 127. The molecule has 0 aliphatic heterocycles. The van der Waals surface area contributed by atoms with Crippen LogP contribution in [-0.4, -0.2) is 28.6 Å². The number of nitrogens with one attached hydrogen (secondary N) is 2. The highest BCUT2D eigenvalue weighted by Gasteiger charge is 2.05. The molecule has 0 bridgehead atoms. The molecular formula is C19H30IN5OS. The minimum Gasteiger partial charge on any atom is -0.357 e. The van der Waals surface area contributed by atoms with E-state index in [2.05, 4.69) is 46.8 Å². The Morgan fingerprint density at radius 3 is 2.78 bits per heavy atom. The van der Waals surface area contributed by atoms with Crippen molar-refractivity contribution in [2.45, 2.75) is 52.6 Å². The largest absolute Gasteiger partial charge is 0.357 e. The molecule has 2 aromatic heterocycles. The fourth-order valence-electron chi connectivity index (χ4n) is 2.41. The Labute approximate surface area is 182 Å². The number of hydrogen-bond donors (Lipinski definition) is 2. The van der Waals surface area contributed by atoms with Crippen LogP contribution < -0.4 is 16.2 Å². The van der Waals surface area contributed by atoms with E-state index in [-0.39, 0.29) is 29.5 Å². The second kappa shape index (κ2) is 12.9. The third-order valence-electron chi connectivity index (χ3n) is 3.89. The van der Waals surface area contributed by atoms with Gasteiger partial charge in [-0.25, -0.2) is 9.98 Å². The summed E-state index contributed by atoms with van der Waals surface area (Å²) in [6, 6.07) is 5.25. The molecule has 0 spiro atoms. The number of unbranched alkanes of at least 4 members (excludes halogenated alkanes) is 1. The number of aryl methyl sites for hydroxylation is 1. The SMILES string of the molecule is CCNC(=NCc1nc(C(C)C)cs1)NCCCCn1ccccc1=O.I. The van der Waals surface area contributed by atoms with Crippen LogP contribution in [0.5, 0.6) is 0 Å². The lowest BCUT2D eigenvalue weighted by Gasteiger charge is -2.11. The lowest BCUT2D eigenvalue weighted by Crippen LogP contribution is -2.37. The normalized spacial score (nSPS) is 11.3. The molecule has 0 saturated heterocycles. The Balaban J connectivity index is 0.00000364. The monoisotopic (exact) mass is 503 g/mol. The molecule has 27 heavy (non-hydrogen) atoms. The van der Waals surface area contributed by atoms with E-state index in [0.717, 1.165) is 49.1 Å². The number of pyridine rings is 1. The van der Waals surface area contributed by atoms with Gasteiger partial charge in [-0.05, 0) is 31.7 Å². The first kappa shape index (κ1) is 23.6. The Morgan fingerprint density at radius 1 is 1.30 bits per heavy atom. The van der Waals surface area contributed by atoms with Crippen LogP contribution in [0.2, 0.25) is 0 Å². The number of guanidine groups is 1. The predicted molar refractivity (Wildman–Crippen MR) is 124 cm³/mol. The zero-order valence-electron chi connectivity index (χ0n) is 16.3. The molecule has 6 nitrogen and oxygen atoms in total. The van der Waals surface area contributed by atoms with Crippen molar-refractivity contribution in [2.75, 3.05) is 13.1 Å². The van der Waals surface area contributed by atoms with Crippen molar-refractivity contribution >= 4 is 41.3 Å². The van der Waals surface area contributed by atoms with Crippen LogP contribution in [0.15, 0.2) is 39.6 Å². The van der Waals surface area contributed by atoms with Gasteiger partial charge in [0.05, 0.1) is 12.2 Å². The Bertz CT molecular complexity index is 756. The van der Waals surface area contributed by atoms with Crippen molar-refractivity contribution < 1.29 is 0 Å². The maximum atomic E-state index is 11.7. The summed E-state index contributed by atoms with van der Waals surface area (Å²) in [5, 5.41) is 9.76. The van der Waals surface area contributed by atoms with Gasteiger partial charge in [0.1, 0.15) is 5.01 Å². The maximum absolute atomic E-state index is 11.7. The van der Waals surface area contributed by atoms with Crippen LogP contribution >= 0.6 is 35.3 Å². The number of rotatable bonds is 9. The average Bonchev–Trinajstić information content (AvgIpc) is 3.10. The lowest BCUT2D eigenvalue weighted by atomic mass is 10.2. The molecule has 0 fully saturated rings. The first-order valence-corrected chi connectivity index (χ1v) is 10.1. The van der Waals surface area contributed by atoms with Crippen molar-refractivity contribution in [3.63, 3.8) is 0 Å². The molecule has 0 unspecified atom stereocenters. The number of nitrogens with zero attached hydrogens (tertiary/aromatic N) is 3. The summed E-state index contributed by atoms with van der Waals surface area (Å²) in [5.41, 5.74) is 1.19. The standard InChI is InChI=1S/C19H29N5OS.HI/c1-4-20-19(22-13-17-23-16(14-26-17)15(2)3)21-10-6-8-12-24-11-7-5-9-18(24)25;/h5,7,9,11,14-15H,4,6,8,10,12-13H2,1-3H3,(H2,20,21,22);1H. The number of aromatic nitrogens is 2. The molecule has 0 aliphatic rings. The Hall–Kier alpha value is -1.42. The van der Waals surface area contributed by atoms with Gasteiger partial charge in [-0.1, -0.05) is 19.9 Å². The molecule has 0 amide bonds. The third kappa shape index (κ3) is 8.42. The van der Waals surface area contributed by atoms with Crippen molar-refractivity contribution in [3.05, 3.63) is 50.8 Å². The fourth-order valence-corrected chi connectivity index (χ4v) is 3.29. The fraction of sp³-hybridized carbons (Fsp3) is 0.526. The zero-order chi connectivity index (χ0) is 18.8. The van der Waals surface area contributed by atoms with E-state index < -0.39 is 0 Å². The van der Waals surface area contributed by atoms with Gasteiger partial charge in [0.2, 0.25) is 5.56 Å².